The smallest absolute Gasteiger partial charge is 0.304 e. The van der Waals surface area contributed by atoms with Crippen LogP contribution in [0.15, 0.2) is 42.5 Å². The van der Waals surface area contributed by atoms with Crippen LogP contribution in [0.25, 0.3) is 0 Å². The van der Waals surface area contributed by atoms with Gasteiger partial charge in [-0.2, -0.15) is 12.7 Å². The molecule has 9 nitrogen and oxygen atoms in total. The number of aryl methyl sites for hydroxylation is 2. The first kappa shape index (κ1) is 30.4. The predicted molar refractivity (Wildman–Crippen MR) is 154 cm³/mol. The number of amides is 2. The first-order valence-electron chi connectivity index (χ1n) is 13.4. The Balaban J connectivity index is 1.95. The Labute approximate surface area is 233 Å². The summed E-state index contributed by atoms with van der Waals surface area (Å²) in [7, 11) is 0.446. The lowest BCUT2D eigenvalue weighted by Crippen LogP contribution is -2.53. The van der Waals surface area contributed by atoms with Crippen LogP contribution in [-0.4, -0.2) is 69.3 Å². The molecule has 1 atom stereocenters. The summed E-state index contributed by atoms with van der Waals surface area (Å²) in [4.78, 5) is 28.8. The molecule has 1 aliphatic rings. The zero-order valence-corrected chi connectivity index (χ0v) is 24.8. The Morgan fingerprint density at radius 3 is 2.26 bits per heavy atom. The largest absolute Gasteiger partial charge is 0.497 e. The SMILES string of the molecule is COc1ccc(CN(C(=O)CN(c2cc(C)ccc2C)S(=O)(=O)N(C)C)[C@H](C)C(=O)NC2CCCCC2)cc1. The minimum absolute atomic E-state index is 0.0900. The highest BCUT2D eigenvalue weighted by molar-refractivity contribution is 7.90. The van der Waals surface area contributed by atoms with Gasteiger partial charge in [-0.1, -0.05) is 43.5 Å². The summed E-state index contributed by atoms with van der Waals surface area (Å²) >= 11 is 0. The molecule has 10 heteroatoms. The van der Waals surface area contributed by atoms with E-state index in [0.717, 1.165) is 51.0 Å². The molecule has 0 bridgehead atoms. The Bertz CT molecular complexity index is 1240. The molecule has 0 aliphatic heterocycles. The fourth-order valence-electron chi connectivity index (χ4n) is 4.77. The van der Waals surface area contributed by atoms with E-state index in [9.17, 15) is 18.0 Å². The number of carbonyl (C=O) groups is 2. The number of rotatable bonds is 11. The second kappa shape index (κ2) is 13.3. The second-order valence-electron chi connectivity index (χ2n) is 10.5. The maximum absolute atomic E-state index is 14.0. The normalized spacial score (nSPS) is 15.1. The highest BCUT2D eigenvalue weighted by Gasteiger charge is 2.34. The highest BCUT2D eigenvalue weighted by Crippen LogP contribution is 2.26. The third kappa shape index (κ3) is 7.73. The topological polar surface area (TPSA) is 99.3 Å². The van der Waals surface area contributed by atoms with Gasteiger partial charge in [0.05, 0.1) is 12.8 Å². The summed E-state index contributed by atoms with van der Waals surface area (Å²) in [6.45, 7) is 5.08. The van der Waals surface area contributed by atoms with Crippen LogP contribution < -0.4 is 14.4 Å². The van der Waals surface area contributed by atoms with Crippen molar-refractivity contribution in [3.05, 3.63) is 59.2 Å². The molecule has 1 fully saturated rings. The molecule has 1 N–H and O–H groups in total. The molecule has 39 heavy (non-hydrogen) atoms. The van der Waals surface area contributed by atoms with Gasteiger partial charge < -0.3 is 15.0 Å². The van der Waals surface area contributed by atoms with E-state index in [1.54, 1.807) is 32.2 Å². The summed E-state index contributed by atoms with van der Waals surface area (Å²) in [5.74, 6) is -0.0288. The van der Waals surface area contributed by atoms with E-state index in [2.05, 4.69) is 5.32 Å². The summed E-state index contributed by atoms with van der Waals surface area (Å²) in [5.41, 5.74) is 2.83. The maximum atomic E-state index is 14.0. The van der Waals surface area contributed by atoms with Gasteiger partial charge in [0.2, 0.25) is 11.8 Å². The molecule has 0 heterocycles. The molecule has 2 aromatic rings. The van der Waals surface area contributed by atoms with Crippen LogP contribution in [0.5, 0.6) is 5.75 Å². The molecule has 1 aliphatic carbocycles. The third-order valence-electron chi connectivity index (χ3n) is 7.28. The minimum atomic E-state index is -4.01. The minimum Gasteiger partial charge on any atom is -0.497 e. The van der Waals surface area contributed by atoms with Crippen LogP contribution in [0.2, 0.25) is 0 Å². The Kier molecular flexibility index (Phi) is 10.4. The van der Waals surface area contributed by atoms with Crippen molar-refractivity contribution in [1.82, 2.24) is 14.5 Å². The van der Waals surface area contributed by atoms with Crippen molar-refractivity contribution in [2.24, 2.45) is 0 Å². The fraction of sp³-hybridized carbons (Fsp3) is 0.517. The second-order valence-corrected chi connectivity index (χ2v) is 12.5. The lowest BCUT2D eigenvalue weighted by Gasteiger charge is -2.34. The molecular formula is C29H42N4O5S. The molecule has 0 aromatic heterocycles. The zero-order valence-electron chi connectivity index (χ0n) is 23.9. The Morgan fingerprint density at radius 1 is 1.03 bits per heavy atom. The van der Waals surface area contributed by atoms with Gasteiger partial charge in [0.25, 0.3) is 0 Å². The van der Waals surface area contributed by atoms with E-state index in [1.165, 1.54) is 25.4 Å². The first-order chi connectivity index (χ1) is 18.4. The summed E-state index contributed by atoms with van der Waals surface area (Å²) in [6, 6.07) is 12.0. The van der Waals surface area contributed by atoms with Gasteiger partial charge in [0.15, 0.2) is 0 Å². The van der Waals surface area contributed by atoms with Crippen LogP contribution in [0.1, 0.15) is 55.7 Å². The lowest BCUT2D eigenvalue weighted by atomic mass is 9.95. The van der Waals surface area contributed by atoms with Crippen molar-refractivity contribution in [3.8, 4) is 5.75 Å². The number of nitrogens with zero attached hydrogens (tertiary/aromatic N) is 3. The van der Waals surface area contributed by atoms with E-state index >= 15 is 0 Å². The molecule has 2 aromatic carbocycles. The molecule has 3 rings (SSSR count). The van der Waals surface area contributed by atoms with Crippen LogP contribution >= 0.6 is 0 Å². The average molecular weight is 559 g/mol. The van der Waals surface area contributed by atoms with Crippen LogP contribution in [0, 0.1) is 13.8 Å². The van der Waals surface area contributed by atoms with Crippen molar-refractivity contribution < 1.29 is 22.7 Å². The quantitative estimate of drug-likeness (QED) is 0.453. The van der Waals surface area contributed by atoms with Crippen molar-refractivity contribution in [2.45, 2.75) is 71.5 Å². The summed E-state index contributed by atoms with van der Waals surface area (Å²) < 4.78 is 34.3. The number of nitrogens with one attached hydrogen (secondary N) is 1. The molecule has 0 unspecified atom stereocenters. The fourth-order valence-corrected chi connectivity index (χ4v) is 5.88. The standard InChI is InChI=1S/C29H42N4O5S/c1-21-12-13-22(2)27(18-21)33(39(36,37)31(4)5)20-28(34)32(19-24-14-16-26(38-6)17-15-24)23(3)29(35)30-25-10-8-7-9-11-25/h12-18,23,25H,7-11,19-20H2,1-6H3,(H,30,35)/t23-/m1/s1. The lowest BCUT2D eigenvalue weighted by molar-refractivity contribution is -0.139. The van der Waals surface area contributed by atoms with E-state index < -0.39 is 28.7 Å². The molecule has 0 spiro atoms. The Morgan fingerprint density at radius 2 is 1.67 bits per heavy atom. The number of hydrogen-bond acceptors (Lipinski definition) is 5. The zero-order chi connectivity index (χ0) is 28.7. The maximum Gasteiger partial charge on any atom is 0.304 e. The predicted octanol–water partition coefficient (Wildman–Crippen LogP) is 3.79. The van der Waals surface area contributed by atoms with Crippen LogP contribution in [-0.2, 0) is 26.3 Å². The van der Waals surface area contributed by atoms with Crippen LogP contribution in [0.4, 0.5) is 5.69 Å². The Hall–Kier alpha value is -3.11. The average Bonchev–Trinajstić information content (AvgIpc) is 2.92. The number of hydrogen-bond donors (Lipinski definition) is 1. The van der Waals surface area contributed by atoms with Gasteiger partial charge in [0.1, 0.15) is 18.3 Å². The van der Waals surface area contributed by atoms with Gasteiger partial charge >= 0.3 is 10.2 Å². The van der Waals surface area contributed by atoms with E-state index in [4.69, 9.17) is 4.74 Å². The van der Waals surface area contributed by atoms with Gasteiger partial charge in [-0.05, 0) is 68.5 Å². The molecule has 214 valence electrons. The summed E-state index contributed by atoms with van der Waals surface area (Å²) in [5, 5.41) is 3.12. The van der Waals surface area contributed by atoms with Crippen molar-refractivity contribution in [2.75, 3.05) is 32.1 Å². The number of carbonyl (C=O) groups excluding carboxylic acids is 2. The van der Waals surface area contributed by atoms with E-state index in [1.807, 2.05) is 38.1 Å². The molecule has 0 saturated heterocycles. The number of benzene rings is 2. The number of anilines is 1. The van der Waals surface area contributed by atoms with E-state index in [-0.39, 0.29) is 18.5 Å². The van der Waals surface area contributed by atoms with Gasteiger partial charge in [-0.25, -0.2) is 4.31 Å². The summed E-state index contributed by atoms with van der Waals surface area (Å²) in [6.07, 6.45) is 5.15. The first-order valence-corrected chi connectivity index (χ1v) is 14.8. The van der Waals surface area contributed by atoms with E-state index in [0.29, 0.717) is 11.4 Å². The van der Waals surface area contributed by atoms with Crippen molar-refractivity contribution in [1.29, 1.82) is 0 Å². The third-order valence-corrected chi connectivity index (χ3v) is 9.09. The van der Waals surface area contributed by atoms with Gasteiger partial charge in [-0.3, -0.25) is 9.59 Å². The van der Waals surface area contributed by atoms with Gasteiger partial charge in [-0.15, -0.1) is 0 Å². The molecule has 2 amide bonds. The number of methoxy groups -OCH3 is 1. The monoisotopic (exact) mass is 558 g/mol. The van der Waals surface area contributed by atoms with Crippen LogP contribution in [0.3, 0.4) is 0 Å². The van der Waals surface area contributed by atoms with Crippen molar-refractivity contribution in [3.63, 3.8) is 0 Å². The highest BCUT2D eigenvalue weighted by atomic mass is 32.2. The molecular weight excluding hydrogens is 516 g/mol. The van der Waals surface area contributed by atoms with Gasteiger partial charge in [0, 0.05) is 26.7 Å². The number of ether oxygens (including phenoxy) is 1. The molecule has 1 saturated carbocycles. The van der Waals surface area contributed by atoms with Crippen molar-refractivity contribution >= 4 is 27.7 Å². The molecule has 0 radical (unpaired) electrons.